The van der Waals surface area contributed by atoms with Crippen molar-refractivity contribution in [3.8, 4) is 0 Å². The average molecular weight is 303 g/mol. The Kier molecular flexibility index (Phi) is 3.83. The standard InChI is InChI=1S/C11H15BrN2O3/c1-7-9(12)10(11(15)16-2)13-14(7)8-5-3-4-6-17-8/h8H,3-6H2,1-2H3. The fraction of sp³-hybridized carbons (Fsp3) is 0.636. The van der Waals surface area contributed by atoms with Crippen LogP contribution in [0.25, 0.3) is 0 Å². The maximum absolute atomic E-state index is 11.5. The van der Waals surface area contributed by atoms with Gasteiger partial charge in [0, 0.05) is 6.61 Å². The molecular weight excluding hydrogens is 288 g/mol. The van der Waals surface area contributed by atoms with Gasteiger partial charge in [-0.2, -0.15) is 5.10 Å². The van der Waals surface area contributed by atoms with E-state index in [4.69, 9.17) is 4.74 Å². The van der Waals surface area contributed by atoms with Crippen molar-refractivity contribution in [2.24, 2.45) is 0 Å². The molecule has 1 aromatic heterocycles. The highest BCUT2D eigenvalue weighted by Crippen LogP contribution is 2.28. The van der Waals surface area contributed by atoms with Gasteiger partial charge in [-0.05, 0) is 42.1 Å². The second kappa shape index (κ2) is 5.18. The Morgan fingerprint density at radius 3 is 2.94 bits per heavy atom. The first kappa shape index (κ1) is 12.6. The molecule has 1 aliphatic rings. The number of carbonyl (C=O) groups is 1. The number of ether oxygens (including phenoxy) is 2. The molecule has 2 heterocycles. The molecule has 1 aromatic rings. The van der Waals surface area contributed by atoms with E-state index in [1.165, 1.54) is 7.11 Å². The quantitative estimate of drug-likeness (QED) is 0.788. The fourth-order valence-electron chi connectivity index (χ4n) is 1.92. The molecule has 6 heteroatoms. The Hall–Kier alpha value is -0.880. The third-order valence-electron chi connectivity index (χ3n) is 2.88. The van der Waals surface area contributed by atoms with E-state index in [9.17, 15) is 4.79 Å². The predicted molar refractivity (Wildman–Crippen MR) is 64.8 cm³/mol. The van der Waals surface area contributed by atoms with Crippen molar-refractivity contribution in [1.82, 2.24) is 9.78 Å². The zero-order valence-corrected chi connectivity index (χ0v) is 11.5. The molecule has 0 spiro atoms. The molecule has 0 N–H and O–H groups in total. The summed E-state index contributed by atoms with van der Waals surface area (Å²) in [5.74, 6) is -0.436. The normalized spacial score (nSPS) is 20.3. The summed E-state index contributed by atoms with van der Waals surface area (Å²) in [5.41, 5.74) is 1.19. The van der Waals surface area contributed by atoms with E-state index in [0.29, 0.717) is 10.2 Å². The van der Waals surface area contributed by atoms with Gasteiger partial charge in [0.1, 0.15) is 0 Å². The van der Waals surface area contributed by atoms with Gasteiger partial charge in [-0.3, -0.25) is 0 Å². The molecule has 0 aliphatic carbocycles. The molecule has 1 unspecified atom stereocenters. The van der Waals surface area contributed by atoms with Crippen molar-refractivity contribution in [2.45, 2.75) is 32.4 Å². The van der Waals surface area contributed by atoms with E-state index in [1.807, 2.05) is 6.92 Å². The fourth-order valence-corrected chi connectivity index (χ4v) is 2.35. The van der Waals surface area contributed by atoms with Gasteiger partial charge in [-0.15, -0.1) is 0 Å². The second-order valence-corrected chi connectivity index (χ2v) is 4.80. The van der Waals surface area contributed by atoms with E-state index in [-0.39, 0.29) is 6.23 Å². The van der Waals surface area contributed by atoms with Gasteiger partial charge in [-0.1, -0.05) is 0 Å². The van der Waals surface area contributed by atoms with Crippen molar-refractivity contribution in [2.75, 3.05) is 13.7 Å². The van der Waals surface area contributed by atoms with Crippen molar-refractivity contribution in [3.05, 3.63) is 15.9 Å². The van der Waals surface area contributed by atoms with Gasteiger partial charge in [-0.25, -0.2) is 9.48 Å². The number of hydrogen-bond acceptors (Lipinski definition) is 4. The summed E-state index contributed by atoms with van der Waals surface area (Å²) in [7, 11) is 1.35. The maximum atomic E-state index is 11.5. The molecule has 94 valence electrons. The van der Waals surface area contributed by atoms with Crippen LogP contribution in [-0.2, 0) is 9.47 Å². The Morgan fingerprint density at radius 1 is 1.59 bits per heavy atom. The smallest absolute Gasteiger partial charge is 0.359 e. The molecule has 1 aliphatic heterocycles. The molecule has 5 nitrogen and oxygen atoms in total. The maximum Gasteiger partial charge on any atom is 0.359 e. The lowest BCUT2D eigenvalue weighted by molar-refractivity contribution is -0.0408. The number of aromatic nitrogens is 2. The monoisotopic (exact) mass is 302 g/mol. The highest BCUT2D eigenvalue weighted by Gasteiger charge is 2.25. The number of methoxy groups -OCH3 is 1. The number of nitrogens with zero attached hydrogens (tertiary/aromatic N) is 2. The molecule has 0 bridgehead atoms. The van der Waals surface area contributed by atoms with Gasteiger partial charge in [0.25, 0.3) is 0 Å². The van der Waals surface area contributed by atoms with Crippen LogP contribution in [-0.4, -0.2) is 29.5 Å². The second-order valence-electron chi connectivity index (χ2n) is 4.01. The first-order valence-electron chi connectivity index (χ1n) is 5.59. The Labute approximate surface area is 108 Å². The zero-order chi connectivity index (χ0) is 12.4. The molecule has 1 fully saturated rings. The number of halogens is 1. The van der Waals surface area contributed by atoms with Crippen molar-refractivity contribution in [1.29, 1.82) is 0 Å². The lowest BCUT2D eigenvalue weighted by atomic mass is 10.2. The number of carbonyl (C=O) groups excluding carboxylic acids is 1. The first-order valence-corrected chi connectivity index (χ1v) is 6.39. The highest BCUT2D eigenvalue weighted by molar-refractivity contribution is 9.10. The number of rotatable bonds is 2. The summed E-state index contributed by atoms with van der Waals surface area (Å²) in [6, 6.07) is 0. The van der Waals surface area contributed by atoms with Crippen molar-refractivity contribution < 1.29 is 14.3 Å². The van der Waals surface area contributed by atoms with Crippen molar-refractivity contribution in [3.63, 3.8) is 0 Å². The predicted octanol–water partition coefficient (Wildman–Crippen LogP) is 2.44. The molecule has 0 aromatic carbocycles. The lowest BCUT2D eigenvalue weighted by Crippen LogP contribution is -2.20. The first-order chi connectivity index (χ1) is 8.15. The minimum atomic E-state index is -0.436. The van der Waals surface area contributed by atoms with Crippen LogP contribution in [0.15, 0.2) is 4.47 Å². The van der Waals surface area contributed by atoms with E-state index < -0.39 is 5.97 Å². The van der Waals surface area contributed by atoms with Crippen molar-refractivity contribution >= 4 is 21.9 Å². The number of esters is 1. The zero-order valence-electron chi connectivity index (χ0n) is 9.90. The van der Waals surface area contributed by atoms with Crippen LogP contribution in [0.2, 0.25) is 0 Å². The Balaban J connectivity index is 2.31. The van der Waals surface area contributed by atoms with E-state index in [1.54, 1.807) is 4.68 Å². The highest BCUT2D eigenvalue weighted by atomic mass is 79.9. The van der Waals surface area contributed by atoms with Crippen LogP contribution in [0.4, 0.5) is 0 Å². The third kappa shape index (κ3) is 2.37. The Morgan fingerprint density at radius 2 is 2.35 bits per heavy atom. The van der Waals surface area contributed by atoms with E-state index in [0.717, 1.165) is 31.6 Å². The van der Waals surface area contributed by atoms with Gasteiger partial charge in [0.05, 0.1) is 17.3 Å². The summed E-state index contributed by atoms with van der Waals surface area (Å²) in [5, 5.41) is 4.27. The molecule has 0 amide bonds. The molecule has 0 radical (unpaired) electrons. The van der Waals surface area contributed by atoms with E-state index in [2.05, 4.69) is 25.8 Å². The largest absolute Gasteiger partial charge is 0.464 e. The molecular formula is C11H15BrN2O3. The van der Waals surface area contributed by atoms with Gasteiger partial charge >= 0.3 is 5.97 Å². The molecule has 17 heavy (non-hydrogen) atoms. The van der Waals surface area contributed by atoms with Crippen LogP contribution in [0.5, 0.6) is 0 Å². The Bertz CT molecular complexity index is 425. The average Bonchev–Trinajstić information content (AvgIpc) is 2.67. The molecule has 0 saturated carbocycles. The molecule has 2 rings (SSSR count). The van der Waals surface area contributed by atoms with Crippen LogP contribution in [0, 0.1) is 6.92 Å². The summed E-state index contributed by atoms with van der Waals surface area (Å²) in [6.07, 6.45) is 3.06. The summed E-state index contributed by atoms with van der Waals surface area (Å²) >= 11 is 3.37. The summed E-state index contributed by atoms with van der Waals surface area (Å²) in [4.78, 5) is 11.5. The lowest BCUT2D eigenvalue weighted by Gasteiger charge is -2.23. The van der Waals surface area contributed by atoms with Crippen LogP contribution in [0.3, 0.4) is 0 Å². The SMILES string of the molecule is COC(=O)c1nn(C2CCCCO2)c(C)c1Br. The van der Waals surface area contributed by atoms with Gasteiger partial charge in [0.15, 0.2) is 11.9 Å². The third-order valence-corrected chi connectivity index (χ3v) is 3.83. The van der Waals surface area contributed by atoms with Crippen LogP contribution in [0.1, 0.15) is 41.7 Å². The summed E-state index contributed by atoms with van der Waals surface area (Å²) < 4.78 is 12.8. The van der Waals surface area contributed by atoms with Gasteiger partial charge in [0.2, 0.25) is 0 Å². The minimum absolute atomic E-state index is 0.0709. The van der Waals surface area contributed by atoms with Crippen LogP contribution >= 0.6 is 15.9 Å². The molecule has 1 saturated heterocycles. The topological polar surface area (TPSA) is 53.3 Å². The minimum Gasteiger partial charge on any atom is -0.464 e. The molecule has 1 atom stereocenters. The van der Waals surface area contributed by atoms with Crippen LogP contribution < -0.4 is 0 Å². The van der Waals surface area contributed by atoms with Gasteiger partial charge < -0.3 is 9.47 Å². The van der Waals surface area contributed by atoms with E-state index >= 15 is 0 Å². The number of hydrogen-bond donors (Lipinski definition) is 0. The summed E-state index contributed by atoms with van der Waals surface area (Å²) in [6.45, 7) is 2.65.